The molecule has 3 rings (SSSR count). The molecule has 1 aliphatic carbocycles. The minimum atomic E-state index is -0.308. The lowest BCUT2D eigenvalue weighted by molar-refractivity contribution is -0.168. The summed E-state index contributed by atoms with van der Waals surface area (Å²) < 4.78 is 6.08. The molecular weight excluding hydrogens is 250 g/mol. The second-order valence-corrected chi connectivity index (χ2v) is 6.08. The van der Waals surface area contributed by atoms with Gasteiger partial charge in [-0.25, -0.2) is 0 Å². The third-order valence-corrected chi connectivity index (χ3v) is 5.01. The maximum Gasteiger partial charge on any atom is 0.118 e. The Morgan fingerprint density at radius 3 is 2.70 bits per heavy atom. The number of methoxy groups -OCH3 is 1. The van der Waals surface area contributed by atoms with E-state index >= 15 is 0 Å². The van der Waals surface area contributed by atoms with Crippen LogP contribution in [0.1, 0.15) is 30.5 Å². The van der Waals surface area contributed by atoms with E-state index in [0.717, 1.165) is 18.8 Å². The van der Waals surface area contributed by atoms with Gasteiger partial charge in [0.05, 0.1) is 17.3 Å². The van der Waals surface area contributed by atoms with Gasteiger partial charge in [0.2, 0.25) is 0 Å². The summed E-state index contributed by atoms with van der Waals surface area (Å²) in [6.07, 6.45) is 5.36. The molecule has 2 heterocycles. The number of piperidine rings is 1. The lowest BCUT2D eigenvalue weighted by Gasteiger charge is -2.54. The van der Waals surface area contributed by atoms with Crippen LogP contribution in [-0.2, 0) is 10.3 Å². The lowest BCUT2D eigenvalue weighted by Crippen LogP contribution is -2.58. The highest BCUT2D eigenvalue weighted by Crippen LogP contribution is 2.50. The highest BCUT2D eigenvalue weighted by Gasteiger charge is 2.53. The molecule has 106 valence electrons. The minimum absolute atomic E-state index is 0.308. The largest absolute Gasteiger partial charge is 0.371 e. The Labute approximate surface area is 120 Å². The van der Waals surface area contributed by atoms with Gasteiger partial charge < -0.3 is 9.64 Å². The van der Waals surface area contributed by atoms with Gasteiger partial charge in [0.1, 0.15) is 5.60 Å². The van der Waals surface area contributed by atoms with E-state index in [4.69, 9.17) is 10.00 Å². The molecule has 0 amide bonds. The molecule has 2 atom stereocenters. The van der Waals surface area contributed by atoms with Crippen molar-refractivity contribution in [2.75, 3.05) is 27.2 Å². The number of aromatic nitrogens is 1. The second-order valence-electron chi connectivity index (χ2n) is 6.08. The smallest absolute Gasteiger partial charge is 0.118 e. The normalized spacial score (nSPS) is 33.6. The van der Waals surface area contributed by atoms with Crippen LogP contribution in [0.15, 0.2) is 18.3 Å². The third kappa shape index (κ3) is 1.93. The summed E-state index contributed by atoms with van der Waals surface area (Å²) in [7, 11) is 3.99. The molecule has 0 radical (unpaired) electrons. The molecule has 1 aromatic rings. The van der Waals surface area contributed by atoms with Crippen molar-refractivity contribution in [3.8, 4) is 6.07 Å². The van der Waals surface area contributed by atoms with E-state index in [9.17, 15) is 0 Å². The molecule has 1 aromatic heterocycles. The molecule has 2 unspecified atom stereocenters. The summed E-state index contributed by atoms with van der Waals surface area (Å²) in [6, 6.07) is 5.89. The van der Waals surface area contributed by atoms with Crippen LogP contribution >= 0.6 is 0 Å². The van der Waals surface area contributed by atoms with Crippen LogP contribution in [0.2, 0.25) is 0 Å². The molecule has 2 aliphatic rings. The van der Waals surface area contributed by atoms with E-state index in [1.54, 1.807) is 19.4 Å². The summed E-state index contributed by atoms with van der Waals surface area (Å²) in [5.74, 6) is 0.929. The van der Waals surface area contributed by atoms with Crippen molar-refractivity contribution in [1.82, 2.24) is 9.88 Å². The van der Waals surface area contributed by atoms with E-state index in [-0.39, 0.29) is 5.60 Å². The number of nitriles is 1. The van der Waals surface area contributed by atoms with Crippen molar-refractivity contribution < 1.29 is 4.74 Å². The highest BCUT2D eigenvalue weighted by atomic mass is 16.5. The zero-order chi connectivity index (χ0) is 14.2. The first kappa shape index (κ1) is 13.5. The molecule has 0 N–H and O–H groups in total. The second kappa shape index (κ2) is 5.16. The molecule has 4 heteroatoms. The molecule has 1 saturated carbocycles. The van der Waals surface area contributed by atoms with E-state index in [0.29, 0.717) is 17.4 Å². The first-order chi connectivity index (χ1) is 9.70. The lowest BCUT2D eigenvalue weighted by atomic mass is 9.63. The molecule has 1 aliphatic heterocycles. The van der Waals surface area contributed by atoms with E-state index < -0.39 is 0 Å². The fourth-order valence-electron chi connectivity index (χ4n) is 4.22. The van der Waals surface area contributed by atoms with Crippen molar-refractivity contribution in [1.29, 1.82) is 5.26 Å². The van der Waals surface area contributed by atoms with Crippen LogP contribution < -0.4 is 0 Å². The standard InChI is InChI=1S/C16H21N3O/c1-19-10-13-4-3-5-14(11-19)16(13,20-2)15-8-12(9-17)6-7-18-15/h6-8,13-14H,3-5,10-11H2,1-2H3. The maximum absolute atomic E-state index is 9.14. The van der Waals surface area contributed by atoms with Gasteiger partial charge in [-0.15, -0.1) is 0 Å². The Bertz CT molecular complexity index is 523. The van der Waals surface area contributed by atoms with Gasteiger partial charge in [-0.05, 0) is 32.0 Å². The molecule has 0 spiro atoms. The Kier molecular flexibility index (Phi) is 3.49. The average molecular weight is 271 g/mol. The topological polar surface area (TPSA) is 49.1 Å². The number of fused-ring (bicyclic) bond motifs is 2. The number of pyridine rings is 1. The summed E-state index contributed by atoms with van der Waals surface area (Å²) in [4.78, 5) is 6.97. The van der Waals surface area contributed by atoms with Gasteiger partial charge in [-0.2, -0.15) is 5.26 Å². The SMILES string of the molecule is COC1(c2cc(C#N)ccn2)C2CCCC1CN(C)C2. The monoisotopic (exact) mass is 271 g/mol. The Hall–Kier alpha value is -1.44. The van der Waals surface area contributed by atoms with Gasteiger partial charge in [0.15, 0.2) is 0 Å². The molecular formula is C16H21N3O. The van der Waals surface area contributed by atoms with E-state index in [1.807, 2.05) is 6.07 Å². The van der Waals surface area contributed by atoms with Crippen molar-refractivity contribution in [3.63, 3.8) is 0 Å². The van der Waals surface area contributed by atoms with Crippen LogP contribution in [0.3, 0.4) is 0 Å². The van der Waals surface area contributed by atoms with Crippen LogP contribution in [0.5, 0.6) is 0 Å². The molecule has 0 aromatic carbocycles. The van der Waals surface area contributed by atoms with Crippen molar-refractivity contribution in [2.24, 2.45) is 11.8 Å². The van der Waals surface area contributed by atoms with Gasteiger partial charge >= 0.3 is 0 Å². The Morgan fingerprint density at radius 1 is 1.40 bits per heavy atom. The fraction of sp³-hybridized carbons (Fsp3) is 0.625. The maximum atomic E-state index is 9.14. The average Bonchev–Trinajstić information content (AvgIpc) is 2.46. The first-order valence-corrected chi connectivity index (χ1v) is 7.31. The highest BCUT2D eigenvalue weighted by molar-refractivity contribution is 5.32. The summed E-state index contributed by atoms with van der Waals surface area (Å²) in [6.45, 7) is 2.09. The number of rotatable bonds is 2. The fourth-order valence-corrected chi connectivity index (χ4v) is 4.22. The van der Waals surface area contributed by atoms with Crippen LogP contribution in [0, 0.1) is 23.2 Å². The Balaban J connectivity index is 2.08. The zero-order valence-electron chi connectivity index (χ0n) is 12.2. The van der Waals surface area contributed by atoms with Crippen molar-refractivity contribution in [2.45, 2.75) is 24.9 Å². The van der Waals surface area contributed by atoms with Gasteiger partial charge in [-0.1, -0.05) is 6.42 Å². The predicted molar refractivity (Wildman–Crippen MR) is 76.0 cm³/mol. The van der Waals surface area contributed by atoms with Gasteiger partial charge in [0, 0.05) is 38.2 Å². The van der Waals surface area contributed by atoms with Gasteiger partial charge in [0.25, 0.3) is 0 Å². The first-order valence-electron chi connectivity index (χ1n) is 7.31. The quantitative estimate of drug-likeness (QED) is 0.827. The number of hydrogen-bond donors (Lipinski definition) is 0. The molecule has 20 heavy (non-hydrogen) atoms. The van der Waals surface area contributed by atoms with E-state index in [1.165, 1.54) is 19.3 Å². The molecule has 2 bridgehead atoms. The molecule has 2 fully saturated rings. The number of ether oxygens (including phenoxy) is 1. The summed E-state index contributed by atoms with van der Waals surface area (Å²) in [5.41, 5.74) is 1.31. The summed E-state index contributed by atoms with van der Waals surface area (Å²) in [5, 5.41) is 9.14. The minimum Gasteiger partial charge on any atom is -0.371 e. The van der Waals surface area contributed by atoms with Crippen LogP contribution in [0.4, 0.5) is 0 Å². The third-order valence-electron chi connectivity index (χ3n) is 5.01. The van der Waals surface area contributed by atoms with Crippen LogP contribution in [0.25, 0.3) is 0 Å². The van der Waals surface area contributed by atoms with Crippen LogP contribution in [-0.4, -0.2) is 37.1 Å². The zero-order valence-corrected chi connectivity index (χ0v) is 12.2. The molecule has 1 saturated heterocycles. The molecule has 4 nitrogen and oxygen atoms in total. The van der Waals surface area contributed by atoms with Crippen molar-refractivity contribution >= 4 is 0 Å². The number of likely N-dealkylation sites (tertiary alicyclic amines) is 1. The van der Waals surface area contributed by atoms with Crippen molar-refractivity contribution in [3.05, 3.63) is 29.6 Å². The number of nitrogens with zero attached hydrogens (tertiary/aromatic N) is 3. The summed E-state index contributed by atoms with van der Waals surface area (Å²) >= 11 is 0. The van der Waals surface area contributed by atoms with E-state index in [2.05, 4.69) is 23.0 Å². The van der Waals surface area contributed by atoms with Gasteiger partial charge in [-0.3, -0.25) is 4.98 Å². The predicted octanol–water partition coefficient (Wildman–Crippen LogP) is 2.16. The number of hydrogen-bond acceptors (Lipinski definition) is 4. The Morgan fingerprint density at radius 2 is 2.10 bits per heavy atom.